The molecule has 0 spiro atoms. The number of halogens is 1. The summed E-state index contributed by atoms with van der Waals surface area (Å²) in [5, 5.41) is 23.2. The van der Waals surface area contributed by atoms with Gasteiger partial charge in [-0.1, -0.05) is 6.07 Å². The van der Waals surface area contributed by atoms with E-state index in [0.29, 0.717) is 26.1 Å². The number of carbonyl (C=O) groups is 1. The SMILES string of the molecule is O=C(NC1(CO)CCOCC1)c1cccc([N+](=O)[O-])c1Br. The van der Waals surface area contributed by atoms with Gasteiger partial charge in [0, 0.05) is 19.3 Å². The van der Waals surface area contributed by atoms with Crippen LogP contribution in [0.4, 0.5) is 5.69 Å². The van der Waals surface area contributed by atoms with E-state index in [1.54, 1.807) is 0 Å². The third kappa shape index (κ3) is 3.39. The fourth-order valence-corrected chi connectivity index (χ4v) is 2.82. The zero-order chi connectivity index (χ0) is 15.5. The Balaban J connectivity index is 2.24. The number of amides is 1. The summed E-state index contributed by atoms with van der Waals surface area (Å²) in [6, 6.07) is 4.27. The number of aliphatic hydroxyl groups excluding tert-OH is 1. The van der Waals surface area contributed by atoms with E-state index in [9.17, 15) is 20.0 Å². The summed E-state index contributed by atoms with van der Waals surface area (Å²) in [6.45, 7) is 0.711. The highest BCUT2D eigenvalue weighted by molar-refractivity contribution is 9.10. The molecule has 0 radical (unpaired) electrons. The average Bonchev–Trinajstić information content (AvgIpc) is 2.48. The lowest BCUT2D eigenvalue weighted by Gasteiger charge is -2.36. The number of nitrogens with one attached hydrogen (secondary N) is 1. The quantitative estimate of drug-likeness (QED) is 0.629. The predicted octanol–water partition coefficient (Wildman–Crippen LogP) is 1.63. The fraction of sp³-hybridized carbons (Fsp3) is 0.462. The van der Waals surface area contributed by atoms with Gasteiger partial charge in [-0.05, 0) is 34.8 Å². The Labute approximate surface area is 129 Å². The highest BCUT2D eigenvalue weighted by Crippen LogP contribution is 2.29. The molecule has 7 nitrogen and oxygen atoms in total. The molecule has 0 atom stereocenters. The molecule has 0 saturated carbocycles. The Morgan fingerprint density at radius 1 is 1.48 bits per heavy atom. The number of nitro benzene ring substituents is 1. The van der Waals surface area contributed by atoms with Crippen molar-refractivity contribution in [2.75, 3.05) is 19.8 Å². The molecule has 0 aromatic heterocycles. The molecule has 1 amide bonds. The molecule has 1 saturated heterocycles. The van der Waals surface area contributed by atoms with Crippen molar-refractivity contribution >= 4 is 27.5 Å². The Morgan fingerprint density at radius 3 is 2.71 bits per heavy atom. The number of nitro groups is 1. The smallest absolute Gasteiger partial charge is 0.284 e. The van der Waals surface area contributed by atoms with Gasteiger partial charge in [0.15, 0.2) is 0 Å². The molecule has 1 heterocycles. The van der Waals surface area contributed by atoms with Gasteiger partial charge in [0.25, 0.3) is 11.6 Å². The van der Waals surface area contributed by atoms with E-state index in [1.165, 1.54) is 18.2 Å². The van der Waals surface area contributed by atoms with Gasteiger partial charge in [-0.3, -0.25) is 14.9 Å². The van der Waals surface area contributed by atoms with E-state index >= 15 is 0 Å². The molecule has 1 aromatic carbocycles. The normalized spacial score (nSPS) is 17.2. The second kappa shape index (κ2) is 6.50. The van der Waals surface area contributed by atoms with Gasteiger partial charge in [-0.2, -0.15) is 0 Å². The molecular weight excluding hydrogens is 344 g/mol. The standard InChI is InChI=1S/C13H15BrN2O5/c14-11-9(2-1-3-10(11)16(19)20)12(18)15-13(8-17)4-6-21-7-5-13/h1-3,17H,4-8H2,(H,15,18). The number of carbonyl (C=O) groups excluding carboxylic acids is 1. The van der Waals surface area contributed by atoms with Gasteiger partial charge in [-0.25, -0.2) is 0 Å². The zero-order valence-corrected chi connectivity index (χ0v) is 12.8. The maximum Gasteiger partial charge on any atom is 0.284 e. The van der Waals surface area contributed by atoms with Crippen molar-refractivity contribution in [1.82, 2.24) is 5.32 Å². The first-order valence-electron chi connectivity index (χ1n) is 6.43. The highest BCUT2D eigenvalue weighted by atomic mass is 79.9. The maximum atomic E-state index is 12.4. The lowest BCUT2D eigenvalue weighted by atomic mass is 9.90. The summed E-state index contributed by atoms with van der Waals surface area (Å²) in [4.78, 5) is 22.7. The van der Waals surface area contributed by atoms with Crippen LogP contribution in [-0.2, 0) is 4.74 Å². The molecule has 1 fully saturated rings. The summed E-state index contributed by atoms with van der Waals surface area (Å²) in [5.74, 6) is -0.457. The number of benzene rings is 1. The van der Waals surface area contributed by atoms with Gasteiger partial charge >= 0.3 is 0 Å². The van der Waals surface area contributed by atoms with Gasteiger partial charge in [0.2, 0.25) is 0 Å². The number of nitrogens with zero attached hydrogens (tertiary/aromatic N) is 1. The molecule has 2 rings (SSSR count). The molecule has 0 unspecified atom stereocenters. The van der Waals surface area contributed by atoms with Crippen molar-refractivity contribution in [3.8, 4) is 0 Å². The number of ether oxygens (including phenoxy) is 1. The van der Waals surface area contributed by atoms with Gasteiger partial charge in [-0.15, -0.1) is 0 Å². The molecule has 8 heteroatoms. The van der Waals surface area contributed by atoms with Crippen LogP contribution in [0.3, 0.4) is 0 Å². The molecule has 1 aliphatic heterocycles. The summed E-state index contributed by atoms with van der Waals surface area (Å²) >= 11 is 3.10. The monoisotopic (exact) mass is 358 g/mol. The van der Waals surface area contributed by atoms with Crippen LogP contribution in [0.5, 0.6) is 0 Å². The molecular formula is C13H15BrN2O5. The lowest BCUT2D eigenvalue weighted by Crippen LogP contribution is -2.54. The Kier molecular flexibility index (Phi) is 4.92. The molecule has 1 aromatic rings. The van der Waals surface area contributed by atoms with Crippen LogP contribution in [0.15, 0.2) is 22.7 Å². The molecule has 1 aliphatic rings. The first kappa shape index (κ1) is 15.9. The fourth-order valence-electron chi connectivity index (χ4n) is 2.23. The molecule has 0 aliphatic carbocycles. The Bertz CT molecular complexity index is 557. The van der Waals surface area contributed by atoms with Crippen LogP contribution in [0.1, 0.15) is 23.2 Å². The minimum atomic E-state index is -0.737. The summed E-state index contributed by atoms with van der Waals surface area (Å²) in [7, 11) is 0. The minimum absolute atomic E-state index is 0.132. The Hall–Kier alpha value is -1.51. The van der Waals surface area contributed by atoms with Crippen LogP contribution in [0, 0.1) is 10.1 Å². The van der Waals surface area contributed by atoms with E-state index in [1.807, 2.05) is 0 Å². The summed E-state index contributed by atoms with van der Waals surface area (Å²) < 4.78 is 5.36. The number of hydrogen-bond donors (Lipinski definition) is 2. The van der Waals surface area contributed by atoms with E-state index in [0.717, 1.165) is 0 Å². The lowest BCUT2D eigenvalue weighted by molar-refractivity contribution is -0.385. The van der Waals surface area contributed by atoms with Crippen LogP contribution >= 0.6 is 15.9 Å². The molecule has 0 bridgehead atoms. The first-order chi connectivity index (χ1) is 9.99. The second-order valence-electron chi connectivity index (χ2n) is 4.90. The van der Waals surface area contributed by atoms with E-state index in [4.69, 9.17) is 4.74 Å². The summed E-state index contributed by atoms with van der Waals surface area (Å²) in [5.41, 5.74) is -0.740. The van der Waals surface area contributed by atoms with E-state index < -0.39 is 16.4 Å². The van der Waals surface area contributed by atoms with E-state index in [-0.39, 0.29) is 22.3 Å². The van der Waals surface area contributed by atoms with Crippen molar-refractivity contribution in [3.05, 3.63) is 38.3 Å². The average molecular weight is 359 g/mol. The number of aliphatic hydroxyl groups is 1. The molecule has 2 N–H and O–H groups in total. The van der Waals surface area contributed by atoms with E-state index in [2.05, 4.69) is 21.2 Å². The van der Waals surface area contributed by atoms with Gasteiger partial charge in [0.1, 0.15) is 4.47 Å². The van der Waals surface area contributed by atoms with Crippen LogP contribution in [-0.4, -0.2) is 41.3 Å². The van der Waals surface area contributed by atoms with Crippen molar-refractivity contribution in [2.24, 2.45) is 0 Å². The zero-order valence-electron chi connectivity index (χ0n) is 11.2. The van der Waals surface area contributed by atoms with Gasteiger partial charge < -0.3 is 15.2 Å². The topological polar surface area (TPSA) is 102 Å². The predicted molar refractivity (Wildman–Crippen MR) is 78.1 cm³/mol. The van der Waals surface area contributed by atoms with Crippen molar-refractivity contribution < 1.29 is 19.6 Å². The summed E-state index contributed by atoms with van der Waals surface area (Å²) in [6.07, 6.45) is 1.00. The van der Waals surface area contributed by atoms with Crippen LogP contribution in [0.2, 0.25) is 0 Å². The minimum Gasteiger partial charge on any atom is -0.394 e. The maximum absolute atomic E-state index is 12.4. The highest BCUT2D eigenvalue weighted by Gasteiger charge is 2.34. The third-order valence-electron chi connectivity index (χ3n) is 3.55. The second-order valence-corrected chi connectivity index (χ2v) is 5.69. The van der Waals surface area contributed by atoms with Gasteiger partial charge in [0.05, 0.1) is 22.6 Å². The number of hydrogen-bond acceptors (Lipinski definition) is 5. The van der Waals surface area contributed by atoms with Crippen molar-refractivity contribution in [2.45, 2.75) is 18.4 Å². The van der Waals surface area contributed by atoms with Crippen molar-refractivity contribution in [1.29, 1.82) is 0 Å². The number of rotatable bonds is 4. The first-order valence-corrected chi connectivity index (χ1v) is 7.22. The molecule has 21 heavy (non-hydrogen) atoms. The Morgan fingerprint density at radius 2 is 2.14 bits per heavy atom. The largest absolute Gasteiger partial charge is 0.394 e. The van der Waals surface area contributed by atoms with Crippen LogP contribution < -0.4 is 5.32 Å². The van der Waals surface area contributed by atoms with Crippen LogP contribution in [0.25, 0.3) is 0 Å². The van der Waals surface area contributed by atoms with Crippen molar-refractivity contribution in [3.63, 3.8) is 0 Å². The third-order valence-corrected chi connectivity index (χ3v) is 4.38. The molecule has 114 valence electrons.